The van der Waals surface area contributed by atoms with E-state index in [1.54, 1.807) is 30.5 Å². The molecule has 1 aliphatic heterocycles. The Morgan fingerprint density at radius 3 is 2.26 bits per heavy atom. The monoisotopic (exact) mass is 514 g/mol. The number of carbonyl (C=O) groups is 2. The molecule has 1 aliphatic rings. The molecule has 8 nitrogen and oxygen atoms in total. The molecular formula is C25H26N2O6S2. The lowest BCUT2D eigenvalue weighted by atomic mass is 9.98. The van der Waals surface area contributed by atoms with Crippen LogP contribution in [0.3, 0.4) is 0 Å². The molecule has 0 saturated carbocycles. The largest absolute Gasteiger partial charge is 0.381 e. The summed E-state index contributed by atoms with van der Waals surface area (Å²) in [4.78, 5) is 34.2. The fourth-order valence-electron chi connectivity index (χ4n) is 4.15. The van der Waals surface area contributed by atoms with Crippen LogP contribution >= 0.6 is 11.3 Å². The second kappa shape index (κ2) is 10.8. The van der Waals surface area contributed by atoms with Gasteiger partial charge in [0.2, 0.25) is 0 Å². The summed E-state index contributed by atoms with van der Waals surface area (Å²) in [7, 11) is -2.74. The van der Waals surface area contributed by atoms with Crippen molar-refractivity contribution in [2.24, 2.45) is 0 Å². The number of hydrogen-bond acceptors (Lipinski definition) is 8. The van der Waals surface area contributed by atoms with Crippen LogP contribution in [0.2, 0.25) is 0 Å². The first-order chi connectivity index (χ1) is 16.9. The maximum atomic E-state index is 13.5. The molecule has 4 rings (SSSR count). The third-order valence-corrected chi connectivity index (χ3v) is 9.53. The lowest BCUT2D eigenvalue weighted by Gasteiger charge is -2.34. The van der Waals surface area contributed by atoms with Crippen molar-refractivity contribution in [1.82, 2.24) is 10.5 Å². The summed E-state index contributed by atoms with van der Waals surface area (Å²) in [6.45, 7) is 0.340. The van der Waals surface area contributed by atoms with Crippen molar-refractivity contribution in [2.75, 3.05) is 20.3 Å². The molecule has 0 aliphatic carbocycles. The van der Waals surface area contributed by atoms with Crippen LogP contribution in [-0.2, 0) is 30.6 Å². The van der Waals surface area contributed by atoms with Gasteiger partial charge in [-0.25, -0.2) is 18.9 Å². The Labute approximate surface area is 208 Å². The van der Waals surface area contributed by atoms with E-state index in [9.17, 15) is 18.0 Å². The highest BCUT2D eigenvalue weighted by Crippen LogP contribution is 2.36. The van der Waals surface area contributed by atoms with Crippen molar-refractivity contribution >= 4 is 32.9 Å². The molecule has 10 heteroatoms. The topological polar surface area (TPSA) is 112 Å². The molecule has 3 aromatic rings. The van der Waals surface area contributed by atoms with Gasteiger partial charge in [0.1, 0.15) is 0 Å². The number of ether oxygens (including phenoxy) is 1. The van der Waals surface area contributed by atoms with E-state index in [2.05, 4.69) is 10.5 Å². The molecule has 0 spiro atoms. The number of thiazole rings is 1. The Morgan fingerprint density at radius 1 is 1.06 bits per heavy atom. The minimum absolute atomic E-state index is 0.0456. The second-order valence-corrected chi connectivity index (χ2v) is 11.4. The quantitative estimate of drug-likeness (QED) is 0.343. The summed E-state index contributed by atoms with van der Waals surface area (Å²) >= 11 is 1.53. The molecule has 1 aromatic heterocycles. The third kappa shape index (κ3) is 5.20. The zero-order valence-electron chi connectivity index (χ0n) is 19.2. The van der Waals surface area contributed by atoms with Crippen molar-refractivity contribution < 1.29 is 27.6 Å². The van der Waals surface area contributed by atoms with Crippen molar-refractivity contribution in [3.63, 3.8) is 0 Å². The Hall–Kier alpha value is -2.92. The lowest BCUT2D eigenvalue weighted by molar-refractivity contribution is -0.136. The van der Waals surface area contributed by atoms with Crippen molar-refractivity contribution in [2.45, 2.75) is 35.3 Å². The highest BCUT2D eigenvalue weighted by molar-refractivity contribution is 7.93. The predicted octanol–water partition coefficient (Wildman–Crippen LogP) is 3.63. The summed E-state index contributed by atoms with van der Waals surface area (Å²) in [6, 6.07) is 13.6. The van der Waals surface area contributed by atoms with E-state index in [0.717, 1.165) is 16.1 Å². The Balaban J connectivity index is 1.51. The number of nitrogens with one attached hydrogen (secondary N) is 1. The van der Waals surface area contributed by atoms with Gasteiger partial charge in [-0.1, -0.05) is 36.4 Å². The molecule has 0 atom stereocenters. The molecule has 184 valence electrons. The van der Waals surface area contributed by atoms with Gasteiger partial charge in [0.15, 0.2) is 20.4 Å². The minimum Gasteiger partial charge on any atom is -0.381 e. The van der Waals surface area contributed by atoms with E-state index in [0.29, 0.717) is 18.4 Å². The van der Waals surface area contributed by atoms with E-state index in [1.807, 2.05) is 17.5 Å². The average molecular weight is 515 g/mol. The second-order valence-electron chi connectivity index (χ2n) is 8.20. The number of hydrogen-bond donors (Lipinski definition) is 1. The molecule has 0 bridgehead atoms. The van der Waals surface area contributed by atoms with Crippen LogP contribution in [0.1, 0.15) is 34.6 Å². The Kier molecular flexibility index (Phi) is 7.75. The number of ketones is 1. The number of amides is 1. The highest BCUT2D eigenvalue weighted by atomic mass is 32.2. The summed E-state index contributed by atoms with van der Waals surface area (Å²) < 4.78 is 30.7. The average Bonchev–Trinajstić information content (AvgIpc) is 3.42. The fraction of sp³-hybridized carbons (Fsp3) is 0.320. The summed E-state index contributed by atoms with van der Waals surface area (Å²) in [5.74, 6) is -0.647. The van der Waals surface area contributed by atoms with Gasteiger partial charge in [0.05, 0.1) is 17.0 Å². The van der Waals surface area contributed by atoms with E-state index in [-0.39, 0.29) is 36.7 Å². The number of aromatic nitrogens is 1. The maximum Gasteiger partial charge on any atom is 0.265 e. The molecule has 2 aromatic carbocycles. The van der Waals surface area contributed by atoms with E-state index in [1.165, 1.54) is 30.6 Å². The number of hydroxylamine groups is 1. The van der Waals surface area contributed by atoms with Gasteiger partial charge in [-0.2, -0.15) is 0 Å². The molecule has 2 heterocycles. The molecule has 0 radical (unpaired) electrons. The smallest absolute Gasteiger partial charge is 0.265 e. The van der Waals surface area contributed by atoms with Crippen LogP contribution in [0.25, 0.3) is 11.1 Å². The number of aryl methyl sites for hydroxylation is 1. The zero-order valence-corrected chi connectivity index (χ0v) is 20.9. The highest BCUT2D eigenvalue weighted by Gasteiger charge is 2.52. The minimum atomic E-state index is -4.01. The van der Waals surface area contributed by atoms with Gasteiger partial charge in [0, 0.05) is 43.2 Å². The standard InChI is InChI=1S/C25H26N2O6S2/c1-32-27-24(29)25(12-15-33-16-13-25)35(30,31)21-8-6-19(7-9-21)18-2-4-20(5-3-18)22(28)10-11-23-26-14-17-34-23/h2-9,14,17H,10-13,15-16H2,1H3,(H,27,29). The molecule has 1 amide bonds. The van der Waals surface area contributed by atoms with E-state index in [4.69, 9.17) is 9.57 Å². The summed E-state index contributed by atoms with van der Waals surface area (Å²) in [5.41, 5.74) is 4.47. The SMILES string of the molecule is CONC(=O)C1(S(=O)(=O)c2ccc(-c3ccc(C(=O)CCc4nccs4)cc3)cc2)CCOCC1. The number of benzene rings is 2. The van der Waals surface area contributed by atoms with Crippen LogP contribution in [-0.4, -0.2) is 50.2 Å². The molecule has 1 fully saturated rings. The van der Waals surface area contributed by atoms with Crippen LogP contribution < -0.4 is 5.48 Å². The first kappa shape index (κ1) is 25.2. The normalized spacial score (nSPS) is 15.5. The van der Waals surface area contributed by atoms with Gasteiger partial charge < -0.3 is 4.74 Å². The van der Waals surface area contributed by atoms with Crippen LogP contribution in [0, 0.1) is 0 Å². The van der Waals surface area contributed by atoms with Crippen molar-refractivity contribution in [3.8, 4) is 11.1 Å². The Morgan fingerprint density at radius 2 is 1.69 bits per heavy atom. The number of nitrogens with zero attached hydrogens (tertiary/aromatic N) is 1. The van der Waals surface area contributed by atoms with Crippen LogP contribution in [0.15, 0.2) is 65.0 Å². The lowest BCUT2D eigenvalue weighted by Crippen LogP contribution is -2.55. The summed E-state index contributed by atoms with van der Waals surface area (Å²) in [5, 5.41) is 2.83. The van der Waals surface area contributed by atoms with Crippen LogP contribution in [0.5, 0.6) is 0 Å². The number of carbonyl (C=O) groups excluding carboxylic acids is 2. The van der Waals surface area contributed by atoms with Gasteiger partial charge in [-0.3, -0.25) is 14.4 Å². The first-order valence-corrected chi connectivity index (χ1v) is 13.5. The molecule has 1 saturated heterocycles. The molecule has 35 heavy (non-hydrogen) atoms. The molecule has 1 N–H and O–H groups in total. The predicted molar refractivity (Wildman–Crippen MR) is 132 cm³/mol. The van der Waals surface area contributed by atoms with E-state index < -0.39 is 20.5 Å². The number of Topliss-reactive ketones (excluding diaryl/α,β-unsaturated/α-hetero) is 1. The van der Waals surface area contributed by atoms with E-state index >= 15 is 0 Å². The third-order valence-electron chi connectivity index (χ3n) is 6.18. The van der Waals surface area contributed by atoms with Gasteiger partial charge >= 0.3 is 0 Å². The Bertz CT molecular complexity index is 1260. The zero-order chi connectivity index (χ0) is 24.9. The number of rotatable bonds is 9. The molecular weight excluding hydrogens is 488 g/mol. The van der Waals surface area contributed by atoms with Gasteiger partial charge in [-0.05, 0) is 36.1 Å². The van der Waals surface area contributed by atoms with Crippen molar-refractivity contribution in [1.29, 1.82) is 0 Å². The fourth-order valence-corrected chi connectivity index (χ4v) is 6.70. The molecule has 0 unspecified atom stereocenters. The summed E-state index contributed by atoms with van der Waals surface area (Å²) in [6.07, 6.45) is 2.83. The van der Waals surface area contributed by atoms with Gasteiger partial charge in [0.25, 0.3) is 5.91 Å². The maximum absolute atomic E-state index is 13.5. The van der Waals surface area contributed by atoms with Crippen molar-refractivity contribution in [3.05, 3.63) is 70.7 Å². The first-order valence-electron chi connectivity index (χ1n) is 11.2. The number of sulfone groups is 1. The van der Waals surface area contributed by atoms with Gasteiger partial charge in [-0.15, -0.1) is 11.3 Å². The van der Waals surface area contributed by atoms with Crippen LogP contribution in [0.4, 0.5) is 0 Å².